The van der Waals surface area contributed by atoms with Crippen LogP contribution in [0, 0.1) is 5.92 Å². The second-order valence-corrected chi connectivity index (χ2v) is 9.89. The Bertz CT molecular complexity index is 1140. The minimum Gasteiger partial charge on any atom is -0.376 e. The summed E-state index contributed by atoms with van der Waals surface area (Å²) in [6.45, 7) is 1.40. The van der Waals surface area contributed by atoms with Crippen molar-refractivity contribution in [2.75, 3.05) is 20.3 Å². The SMILES string of the molecule is COC(C)(C(=O)N1C2CCC([C@H]1C(=O)N[C@@H]1COC[C@@H]1F)C(F)(F)C2)c1cccc2ccccc12. The Morgan fingerprint density at radius 1 is 1.14 bits per heavy atom. The number of piperidine rings is 2. The van der Waals surface area contributed by atoms with Gasteiger partial charge in [-0.2, -0.15) is 0 Å². The van der Waals surface area contributed by atoms with Crippen LogP contribution in [0.3, 0.4) is 0 Å². The van der Waals surface area contributed by atoms with Crippen LogP contribution >= 0.6 is 0 Å². The van der Waals surface area contributed by atoms with Crippen LogP contribution in [-0.4, -0.2) is 67.3 Å². The number of hydrogen-bond acceptors (Lipinski definition) is 4. The van der Waals surface area contributed by atoms with E-state index in [4.69, 9.17) is 9.47 Å². The summed E-state index contributed by atoms with van der Waals surface area (Å²) >= 11 is 0. The Kier molecular flexibility index (Phi) is 6.04. The molecule has 35 heavy (non-hydrogen) atoms. The highest BCUT2D eigenvalue weighted by molar-refractivity contribution is 5.97. The number of methoxy groups -OCH3 is 1. The summed E-state index contributed by atoms with van der Waals surface area (Å²) in [4.78, 5) is 28.8. The van der Waals surface area contributed by atoms with Crippen molar-refractivity contribution in [2.24, 2.45) is 5.92 Å². The smallest absolute Gasteiger partial charge is 0.260 e. The molecule has 0 spiro atoms. The van der Waals surface area contributed by atoms with Crippen molar-refractivity contribution in [1.82, 2.24) is 10.2 Å². The van der Waals surface area contributed by atoms with Crippen LogP contribution in [0.4, 0.5) is 13.2 Å². The number of fused-ring (bicyclic) bond motifs is 4. The van der Waals surface area contributed by atoms with Gasteiger partial charge in [0.1, 0.15) is 12.2 Å². The van der Waals surface area contributed by atoms with Gasteiger partial charge in [0, 0.05) is 25.1 Å². The Morgan fingerprint density at radius 2 is 1.89 bits per heavy atom. The first-order valence-corrected chi connectivity index (χ1v) is 11.9. The Hall–Kier alpha value is -2.65. The van der Waals surface area contributed by atoms with Gasteiger partial charge in [-0.05, 0) is 30.5 Å². The number of halogens is 3. The van der Waals surface area contributed by atoms with E-state index >= 15 is 0 Å². The molecule has 1 aliphatic carbocycles. The Labute approximate surface area is 201 Å². The molecule has 1 saturated carbocycles. The van der Waals surface area contributed by atoms with Crippen LogP contribution in [0.5, 0.6) is 0 Å². The normalized spacial score (nSPS) is 31.3. The van der Waals surface area contributed by atoms with Crippen molar-refractivity contribution in [2.45, 2.75) is 62.0 Å². The summed E-state index contributed by atoms with van der Waals surface area (Å²) in [6, 6.07) is 9.83. The number of carbonyl (C=O) groups is 2. The summed E-state index contributed by atoms with van der Waals surface area (Å²) in [7, 11) is 1.40. The number of nitrogens with zero attached hydrogens (tertiary/aromatic N) is 1. The molecule has 2 aromatic carbocycles. The maximum atomic E-state index is 15.0. The standard InChI is InChI=1S/C26H29F3N2O4/c1-25(34-2,18-9-5-7-15-6-3-4-8-17(15)18)24(33)31-16-10-11-19(26(28,29)12-16)22(31)23(32)30-21-14-35-13-20(21)27/h3-9,16,19-22H,10-14H2,1-2H3,(H,30,32)/t16?,19?,20-,21+,22-,25?/m0/s1. The first kappa shape index (κ1) is 24.1. The summed E-state index contributed by atoms with van der Waals surface area (Å²) in [5, 5.41) is 4.23. The average Bonchev–Trinajstić information content (AvgIpc) is 3.25. The number of rotatable bonds is 5. The molecule has 3 saturated heterocycles. The van der Waals surface area contributed by atoms with E-state index in [9.17, 15) is 22.8 Å². The molecule has 9 heteroatoms. The lowest BCUT2D eigenvalue weighted by Crippen LogP contribution is -2.71. The number of carbonyl (C=O) groups excluding carboxylic acids is 2. The van der Waals surface area contributed by atoms with Crippen molar-refractivity contribution in [1.29, 1.82) is 0 Å². The molecule has 2 amide bonds. The number of alkyl halides is 3. The third-order valence-corrected chi connectivity index (χ3v) is 7.90. The minimum absolute atomic E-state index is 0.0378. The second kappa shape index (κ2) is 8.78. The summed E-state index contributed by atoms with van der Waals surface area (Å²) < 4.78 is 55.0. The van der Waals surface area contributed by atoms with Crippen LogP contribution in [0.2, 0.25) is 0 Å². The first-order chi connectivity index (χ1) is 16.7. The van der Waals surface area contributed by atoms with Crippen LogP contribution < -0.4 is 5.32 Å². The van der Waals surface area contributed by atoms with Gasteiger partial charge >= 0.3 is 0 Å². The zero-order chi connectivity index (χ0) is 25.0. The predicted molar refractivity (Wildman–Crippen MR) is 123 cm³/mol. The lowest BCUT2D eigenvalue weighted by Gasteiger charge is -2.55. The number of hydrogen-bond donors (Lipinski definition) is 1. The first-order valence-electron chi connectivity index (χ1n) is 11.9. The number of nitrogens with one attached hydrogen (secondary N) is 1. The highest BCUT2D eigenvalue weighted by Crippen LogP contribution is 2.50. The average molecular weight is 491 g/mol. The van der Waals surface area contributed by atoms with Crippen LogP contribution in [0.15, 0.2) is 42.5 Å². The van der Waals surface area contributed by atoms with E-state index in [1.165, 1.54) is 12.0 Å². The topological polar surface area (TPSA) is 67.9 Å². The van der Waals surface area contributed by atoms with E-state index in [1.807, 2.05) is 36.4 Å². The number of amides is 2. The van der Waals surface area contributed by atoms with Gasteiger partial charge in [0.05, 0.1) is 25.2 Å². The molecule has 4 fully saturated rings. The van der Waals surface area contributed by atoms with Gasteiger partial charge in [-0.3, -0.25) is 9.59 Å². The van der Waals surface area contributed by atoms with E-state index in [1.54, 1.807) is 13.0 Å². The molecule has 3 heterocycles. The van der Waals surface area contributed by atoms with Crippen LogP contribution in [-0.2, 0) is 24.7 Å². The summed E-state index contributed by atoms with van der Waals surface area (Å²) in [6.07, 6.45) is -1.47. The van der Waals surface area contributed by atoms with Crippen molar-refractivity contribution in [3.63, 3.8) is 0 Å². The zero-order valence-corrected chi connectivity index (χ0v) is 19.7. The van der Waals surface area contributed by atoms with E-state index in [-0.39, 0.29) is 19.6 Å². The fourth-order valence-electron chi connectivity index (χ4n) is 5.93. The molecule has 2 aromatic rings. The van der Waals surface area contributed by atoms with Gasteiger partial charge in [-0.1, -0.05) is 42.5 Å². The lowest BCUT2D eigenvalue weighted by atomic mass is 9.70. The fourth-order valence-corrected chi connectivity index (χ4v) is 5.93. The summed E-state index contributed by atoms with van der Waals surface area (Å²) in [5.41, 5.74) is -0.936. The quantitative estimate of drug-likeness (QED) is 0.696. The number of benzene rings is 2. The van der Waals surface area contributed by atoms with E-state index in [0.717, 1.165) is 10.8 Å². The molecular formula is C26H29F3N2O4. The monoisotopic (exact) mass is 490 g/mol. The van der Waals surface area contributed by atoms with Crippen molar-refractivity contribution in [3.05, 3.63) is 48.0 Å². The molecule has 3 unspecified atom stereocenters. The van der Waals surface area contributed by atoms with Gasteiger partial charge in [-0.15, -0.1) is 0 Å². The molecule has 0 aromatic heterocycles. The van der Waals surface area contributed by atoms with Crippen molar-refractivity contribution in [3.8, 4) is 0 Å². The van der Waals surface area contributed by atoms with Gasteiger partial charge in [0.25, 0.3) is 11.8 Å². The lowest BCUT2D eigenvalue weighted by molar-refractivity contribution is -0.204. The molecule has 2 bridgehead atoms. The maximum absolute atomic E-state index is 15.0. The fraction of sp³-hybridized carbons (Fsp3) is 0.538. The van der Waals surface area contributed by atoms with E-state index in [0.29, 0.717) is 12.0 Å². The molecule has 4 aliphatic rings. The van der Waals surface area contributed by atoms with Gasteiger partial charge in [0.15, 0.2) is 5.60 Å². The zero-order valence-electron chi connectivity index (χ0n) is 19.7. The summed E-state index contributed by atoms with van der Waals surface area (Å²) in [5.74, 6) is -5.79. The molecular weight excluding hydrogens is 461 g/mol. The van der Waals surface area contributed by atoms with Crippen molar-refractivity contribution >= 4 is 22.6 Å². The Morgan fingerprint density at radius 3 is 2.57 bits per heavy atom. The highest BCUT2D eigenvalue weighted by Gasteiger charge is 2.62. The molecule has 6 rings (SSSR count). The van der Waals surface area contributed by atoms with Crippen LogP contribution in [0.25, 0.3) is 10.8 Å². The maximum Gasteiger partial charge on any atom is 0.260 e. The minimum atomic E-state index is -3.11. The Balaban J connectivity index is 1.54. The molecule has 0 radical (unpaired) electrons. The predicted octanol–water partition coefficient (Wildman–Crippen LogP) is 3.57. The molecule has 188 valence electrons. The number of ether oxygens (including phenoxy) is 2. The van der Waals surface area contributed by atoms with Crippen LogP contribution in [0.1, 0.15) is 31.7 Å². The largest absolute Gasteiger partial charge is 0.376 e. The second-order valence-electron chi connectivity index (χ2n) is 9.89. The molecule has 6 atom stereocenters. The molecule has 1 N–H and O–H groups in total. The third-order valence-electron chi connectivity index (χ3n) is 7.90. The molecule has 3 aliphatic heterocycles. The van der Waals surface area contributed by atoms with Gasteiger partial charge in [0.2, 0.25) is 5.91 Å². The van der Waals surface area contributed by atoms with Gasteiger partial charge in [-0.25, -0.2) is 13.2 Å². The molecule has 6 nitrogen and oxygen atoms in total. The van der Waals surface area contributed by atoms with Gasteiger partial charge < -0.3 is 19.7 Å². The van der Waals surface area contributed by atoms with E-state index in [2.05, 4.69) is 5.32 Å². The third kappa shape index (κ3) is 3.89. The highest BCUT2D eigenvalue weighted by atomic mass is 19.3. The van der Waals surface area contributed by atoms with Crippen molar-refractivity contribution < 1.29 is 32.2 Å². The van der Waals surface area contributed by atoms with E-state index < -0.39 is 60.0 Å².